The van der Waals surface area contributed by atoms with E-state index in [4.69, 9.17) is 21.1 Å². The third-order valence-corrected chi connectivity index (χ3v) is 2.09. The van der Waals surface area contributed by atoms with Gasteiger partial charge in [-0.3, -0.25) is 0 Å². The van der Waals surface area contributed by atoms with Gasteiger partial charge in [-0.25, -0.2) is 9.18 Å². The van der Waals surface area contributed by atoms with E-state index in [0.29, 0.717) is 0 Å². The van der Waals surface area contributed by atoms with Crippen LogP contribution < -0.4 is 0 Å². The van der Waals surface area contributed by atoms with E-state index in [0.717, 1.165) is 6.07 Å². The molecule has 0 N–H and O–H groups in total. The number of benzene rings is 1. The highest BCUT2D eigenvalue weighted by molar-refractivity contribution is 6.30. The van der Waals surface area contributed by atoms with Crippen molar-refractivity contribution in [1.29, 1.82) is 0 Å². The van der Waals surface area contributed by atoms with Gasteiger partial charge in [-0.05, 0) is 25.1 Å². The molecule has 88 valence electrons. The van der Waals surface area contributed by atoms with Gasteiger partial charge < -0.3 is 9.47 Å². The summed E-state index contributed by atoms with van der Waals surface area (Å²) >= 11 is 5.66. The number of rotatable bonds is 4. The summed E-state index contributed by atoms with van der Waals surface area (Å²) in [7, 11) is 1.49. The molecule has 0 amide bonds. The van der Waals surface area contributed by atoms with E-state index in [1.807, 2.05) is 0 Å². The lowest BCUT2D eigenvalue weighted by molar-refractivity contribution is 0.0116. The second-order valence-electron chi connectivity index (χ2n) is 3.30. The van der Waals surface area contributed by atoms with E-state index in [2.05, 4.69) is 0 Å². The highest BCUT2D eigenvalue weighted by atomic mass is 35.5. The summed E-state index contributed by atoms with van der Waals surface area (Å²) in [5.41, 5.74) is -0.171. The molecule has 5 heteroatoms. The summed E-state index contributed by atoms with van der Waals surface area (Å²) in [5.74, 6) is -1.40. The Kier molecular flexibility index (Phi) is 4.71. The molecular weight excluding hydrogens is 235 g/mol. The zero-order valence-corrected chi connectivity index (χ0v) is 9.75. The minimum Gasteiger partial charge on any atom is -0.457 e. The topological polar surface area (TPSA) is 35.5 Å². The summed E-state index contributed by atoms with van der Waals surface area (Å²) in [4.78, 5) is 11.5. The molecular formula is C11H12ClFO3. The van der Waals surface area contributed by atoms with Crippen molar-refractivity contribution in [3.8, 4) is 0 Å². The zero-order valence-electron chi connectivity index (χ0n) is 9.00. The fraction of sp³-hybridized carbons (Fsp3) is 0.364. The Morgan fingerprint density at radius 1 is 1.56 bits per heavy atom. The fourth-order valence-electron chi connectivity index (χ4n) is 1.17. The molecule has 0 saturated heterocycles. The smallest absolute Gasteiger partial charge is 0.341 e. The number of carbonyl (C=O) groups is 1. The lowest BCUT2D eigenvalue weighted by atomic mass is 10.2. The Bertz CT molecular complexity index is 381. The summed E-state index contributed by atoms with van der Waals surface area (Å²) in [5, 5.41) is 0.285. The van der Waals surface area contributed by atoms with Crippen LogP contribution in [0.25, 0.3) is 0 Å². The van der Waals surface area contributed by atoms with E-state index in [1.54, 1.807) is 6.92 Å². The van der Waals surface area contributed by atoms with Gasteiger partial charge in [0, 0.05) is 12.1 Å². The van der Waals surface area contributed by atoms with Gasteiger partial charge >= 0.3 is 5.97 Å². The van der Waals surface area contributed by atoms with Crippen LogP contribution in [0.3, 0.4) is 0 Å². The Morgan fingerprint density at radius 2 is 2.25 bits per heavy atom. The van der Waals surface area contributed by atoms with Gasteiger partial charge in [-0.2, -0.15) is 0 Å². The van der Waals surface area contributed by atoms with Crippen molar-refractivity contribution in [2.45, 2.75) is 13.0 Å². The normalized spacial score (nSPS) is 12.2. The van der Waals surface area contributed by atoms with Crippen LogP contribution in [0.5, 0.6) is 0 Å². The van der Waals surface area contributed by atoms with Crippen molar-refractivity contribution in [3.05, 3.63) is 34.6 Å². The SMILES string of the molecule is COCC(C)OC(=O)c1cc(Cl)ccc1F. The number of methoxy groups -OCH3 is 1. The van der Waals surface area contributed by atoms with E-state index in [-0.39, 0.29) is 17.2 Å². The summed E-state index contributed by atoms with van der Waals surface area (Å²) in [6.45, 7) is 1.91. The van der Waals surface area contributed by atoms with Crippen LogP contribution in [0.1, 0.15) is 17.3 Å². The standard InChI is InChI=1S/C11H12ClFO3/c1-7(6-15-2)16-11(14)9-5-8(12)3-4-10(9)13/h3-5,7H,6H2,1-2H3. The van der Waals surface area contributed by atoms with Crippen molar-refractivity contribution < 1.29 is 18.7 Å². The predicted octanol–water partition coefficient (Wildman–Crippen LogP) is 2.67. The molecule has 0 saturated carbocycles. The lowest BCUT2D eigenvalue weighted by Gasteiger charge is -2.12. The Morgan fingerprint density at radius 3 is 2.88 bits per heavy atom. The van der Waals surface area contributed by atoms with Gasteiger partial charge in [0.25, 0.3) is 0 Å². The maximum atomic E-state index is 13.3. The van der Waals surface area contributed by atoms with Crippen LogP contribution in [0.15, 0.2) is 18.2 Å². The average Bonchev–Trinajstić information content (AvgIpc) is 2.21. The number of hydrogen-bond acceptors (Lipinski definition) is 3. The minimum absolute atomic E-state index is 0.171. The van der Waals surface area contributed by atoms with Crippen LogP contribution in [-0.2, 0) is 9.47 Å². The zero-order chi connectivity index (χ0) is 12.1. The fourth-order valence-corrected chi connectivity index (χ4v) is 1.34. The van der Waals surface area contributed by atoms with Gasteiger partial charge in [0.2, 0.25) is 0 Å². The monoisotopic (exact) mass is 246 g/mol. The minimum atomic E-state index is -0.746. The molecule has 0 aliphatic rings. The van der Waals surface area contributed by atoms with Gasteiger partial charge in [0.05, 0.1) is 12.2 Å². The molecule has 1 unspecified atom stereocenters. The molecule has 0 fully saturated rings. The first kappa shape index (κ1) is 12.9. The maximum Gasteiger partial charge on any atom is 0.341 e. The number of ether oxygens (including phenoxy) is 2. The van der Waals surface area contributed by atoms with Crippen molar-refractivity contribution >= 4 is 17.6 Å². The van der Waals surface area contributed by atoms with E-state index in [1.165, 1.54) is 19.2 Å². The Hall–Kier alpha value is -1.13. The average molecular weight is 247 g/mol. The molecule has 1 rings (SSSR count). The molecule has 0 heterocycles. The predicted molar refractivity (Wildman–Crippen MR) is 58.2 cm³/mol. The molecule has 0 aliphatic heterocycles. The summed E-state index contributed by atoms with van der Waals surface area (Å²) < 4.78 is 23.0. The van der Waals surface area contributed by atoms with Gasteiger partial charge in [0.1, 0.15) is 11.9 Å². The number of hydrogen-bond donors (Lipinski definition) is 0. The van der Waals surface area contributed by atoms with E-state index < -0.39 is 17.9 Å². The van der Waals surface area contributed by atoms with Gasteiger partial charge in [-0.15, -0.1) is 0 Å². The largest absolute Gasteiger partial charge is 0.457 e. The van der Waals surface area contributed by atoms with Crippen LogP contribution in [0.4, 0.5) is 4.39 Å². The molecule has 1 aromatic carbocycles. The Balaban J connectivity index is 2.76. The maximum absolute atomic E-state index is 13.3. The molecule has 0 spiro atoms. The molecule has 0 aromatic heterocycles. The number of esters is 1. The summed E-state index contributed by atoms with van der Waals surface area (Å²) in [6.07, 6.45) is -0.434. The van der Waals surface area contributed by atoms with Gasteiger partial charge in [-0.1, -0.05) is 11.6 Å². The van der Waals surface area contributed by atoms with E-state index in [9.17, 15) is 9.18 Å². The number of carbonyl (C=O) groups excluding carboxylic acids is 1. The number of halogens is 2. The molecule has 0 bridgehead atoms. The second-order valence-corrected chi connectivity index (χ2v) is 3.73. The second kappa shape index (κ2) is 5.82. The van der Waals surface area contributed by atoms with E-state index >= 15 is 0 Å². The first-order valence-corrected chi connectivity index (χ1v) is 5.07. The lowest BCUT2D eigenvalue weighted by Crippen LogP contribution is -2.20. The molecule has 0 aliphatic carbocycles. The van der Waals surface area contributed by atoms with Crippen LogP contribution in [-0.4, -0.2) is 25.8 Å². The highest BCUT2D eigenvalue weighted by Crippen LogP contribution is 2.16. The first-order valence-electron chi connectivity index (χ1n) is 4.69. The first-order chi connectivity index (χ1) is 7.54. The van der Waals surface area contributed by atoms with Crippen molar-refractivity contribution in [2.24, 2.45) is 0 Å². The molecule has 0 radical (unpaired) electrons. The third-order valence-electron chi connectivity index (χ3n) is 1.86. The van der Waals surface area contributed by atoms with Crippen LogP contribution in [0.2, 0.25) is 5.02 Å². The van der Waals surface area contributed by atoms with Crippen molar-refractivity contribution in [3.63, 3.8) is 0 Å². The highest BCUT2D eigenvalue weighted by Gasteiger charge is 2.16. The van der Waals surface area contributed by atoms with Crippen molar-refractivity contribution in [1.82, 2.24) is 0 Å². The van der Waals surface area contributed by atoms with Crippen LogP contribution >= 0.6 is 11.6 Å². The van der Waals surface area contributed by atoms with Gasteiger partial charge in [0.15, 0.2) is 0 Å². The Labute approximate surface area is 98.1 Å². The third kappa shape index (κ3) is 3.47. The molecule has 3 nitrogen and oxygen atoms in total. The van der Waals surface area contributed by atoms with Crippen LogP contribution in [0, 0.1) is 5.82 Å². The molecule has 16 heavy (non-hydrogen) atoms. The summed E-state index contributed by atoms with van der Waals surface area (Å²) in [6, 6.07) is 3.73. The quantitative estimate of drug-likeness (QED) is 0.767. The molecule has 1 atom stereocenters. The van der Waals surface area contributed by atoms with Crippen molar-refractivity contribution in [2.75, 3.05) is 13.7 Å². The molecule has 1 aromatic rings.